The van der Waals surface area contributed by atoms with Crippen LogP contribution < -0.4 is 22.5 Å². The van der Waals surface area contributed by atoms with Crippen molar-refractivity contribution in [2.24, 2.45) is 11.7 Å². The lowest BCUT2D eigenvalue weighted by molar-refractivity contribution is 0.236. The summed E-state index contributed by atoms with van der Waals surface area (Å²) >= 11 is 0. The predicted octanol–water partition coefficient (Wildman–Crippen LogP) is -0.0686. The fourth-order valence-electron chi connectivity index (χ4n) is 2.35. The van der Waals surface area contributed by atoms with Crippen LogP contribution in [0.3, 0.4) is 0 Å². The molecular formula is C12H32Cl2N6. The Hall–Kier alpha value is 0.340. The first-order valence-corrected chi connectivity index (χ1v) is 6.95. The number of hydrogen-bond donors (Lipinski definition) is 4. The van der Waals surface area contributed by atoms with Gasteiger partial charge in [-0.2, -0.15) is 0 Å². The van der Waals surface area contributed by atoms with Crippen LogP contribution in [0, 0.1) is 0 Å². The highest BCUT2D eigenvalue weighted by molar-refractivity contribution is 5.85. The number of hydrogen-bond acceptors (Lipinski definition) is 6. The zero-order chi connectivity index (χ0) is 13.4. The van der Waals surface area contributed by atoms with Gasteiger partial charge in [0.05, 0.1) is 0 Å². The van der Waals surface area contributed by atoms with E-state index in [4.69, 9.17) is 11.7 Å². The summed E-state index contributed by atoms with van der Waals surface area (Å²) in [5.74, 6) is 10.6. The molecule has 0 saturated carbocycles. The number of nitrogens with two attached hydrogens (primary N) is 2. The highest BCUT2D eigenvalue weighted by atomic mass is 35.5. The monoisotopic (exact) mass is 330 g/mol. The smallest absolute Gasteiger partial charge is 0.0234 e. The van der Waals surface area contributed by atoms with Gasteiger partial charge in [0.25, 0.3) is 0 Å². The summed E-state index contributed by atoms with van der Waals surface area (Å²) < 4.78 is 0. The molecule has 0 aliphatic carbocycles. The fourth-order valence-corrected chi connectivity index (χ4v) is 2.35. The van der Waals surface area contributed by atoms with E-state index in [-0.39, 0.29) is 24.8 Å². The summed E-state index contributed by atoms with van der Waals surface area (Å²) in [6, 6.07) is 1.11. The minimum atomic E-state index is 0. The maximum Gasteiger partial charge on any atom is 0.0234 e. The zero-order valence-corrected chi connectivity index (χ0v) is 14.3. The average molecular weight is 331 g/mol. The van der Waals surface area contributed by atoms with Gasteiger partial charge in [-0.05, 0) is 66.0 Å². The van der Waals surface area contributed by atoms with Crippen molar-refractivity contribution in [1.82, 2.24) is 20.7 Å². The molecule has 8 heteroatoms. The van der Waals surface area contributed by atoms with Crippen LogP contribution >= 0.6 is 24.8 Å². The van der Waals surface area contributed by atoms with Crippen molar-refractivity contribution in [2.45, 2.75) is 37.8 Å². The standard InChI is InChI=1S/2C6H15N3.2ClH/c2*1-9-4-2-6(8-7)3-5-9;;/h2*6,8H,2-5,7H2,1H3;2*1H. The van der Waals surface area contributed by atoms with E-state index in [0.717, 1.165) is 0 Å². The lowest BCUT2D eigenvalue weighted by Gasteiger charge is -2.28. The Labute approximate surface area is 135 Å². The highest BCUT2D eigenvalue weighted by Crippen LogP contribution is 2.06. The molecule has 0 atom stereocenters. The Kier molecular flexibility index (Phi) is 14.7. The Morgan fingerprint density at radius 3 is 1.15 bits per heavy atom. The van der Waals surface area contributed by atoms with Crippen LogP contribution in [0.25, 0.3) is 0 Å². The fraction of sp³-hybridized carbons (Fsp3) is 1.00. The SMILES string of the molecule is CN1CCC(NN)CC1.CN1CCC(NN)CC1.Cl.Cl. The van der Waals surface area contributed by atoms with Crippen LogP contribution in [0.15, 0.2) is 0 Å². The second kappa shape index (κ2) is 13.0. The third-order valence-corrected chi connectivity index (χ3v) is 3.91. The summed E-state index contributed by atoms with van der Waals surface area (Å²) in [4.78, 5) is 4.65. The van der Waals surface area contributed by atoms with Gasteiger partial charge in [0.2, 0.25) is 0 Å². The van der Waals surface area contributed by atoms with Gasteiger partial charge in [0, 0.05) is 12.1 Å². The number of nitrogens with zero attached hydrogens (tertiary/aromatic N) is 2. The van der Waals surface area contributed by atoms with Gasteiger partial charge in [-0.3, -0.25) is 22.5 Å². The summed E-state index contributed by atoms with van der Waals surface area (Å²) in [5.41, 5.74) is 5.60. The number of hydrazine groups is 2. The van der Waals surface area contributed by atoms with Crippen LogP contribution in [0.4, 0.5) is 0 Å². The molecule has 6 N–H and O–H groups in total. The lowest BCUT2D eigenvalue weighted by Crippen LogP contribution is -2.43. The van der Waals surface area contributed by atoms with E-state index in [1.165, 1.54) is 51.9 Å². The van der Waals surface area contributed by atoms with E-state index < -0.39 is 0 Å². The third-order valence-electron chi connectivity index (χ3n) is 3.91. The first kappa shape index (κ1) is 22.6. The molecule has 2 heterocycles. The van der Waals surface area contributed by atoms with Crippen molar-refractivity contribution in [3.63, 3.8) is 0 Å². The van der Waals surface area contributed by atoms with E-state index in [1.54, 1.807) is 0 Å². The summed E-state index contributed by atoms with van der Waals surface area (Å²) in [7, 11) is 4.29. The van der Waals surface area contributed by atoms with Crippen LogP contribution in [0.2, 0.25) is 0 Å². The molecule has 0 spiro atoms. The van der Waals surface area contributed by atoms with E-state index in [1.807, 2.05) is 0 Å². The summed E-state index contributed by atoms with van der Waals surface area (Å²) in [5, 5.41) is 0. The van der Waals surface area contributed by atoms with Gasteiger partial charge >= 0.3 is 0 Å². The number of likely N-dealkylation sites (tertiary alicyclic amines) is 2. The Bertz CT molecular complexity index is 184. The summed E-state index contributed by atoms with van der Waals surface area (Å²) in [6.45, 7) is 4.70. The molecule has 0 radical (unpaired) electrons. The molecule has 6 nitrogen and oxygen atoms in total. The molecule has 124 valence electrons. The first-order chi connectivity index (χ1) is 8.65. The lowest BCUT2D eigenvalue weighted by atomic mass is 10.1. The molecule has 20 heavy (non-hydrogen) atoms. The number of piperidine rings is 2. The minimum absolute atomic E-state index is 0. The van der Waals surface area contributed by atoms with Gasteiger partial charge in [-0.25, -0.2) is 0 Å². The Morgan fingerprint density at radius 2 is 0.950 bits per heavy atom. The molecule has 0 aromatic rings. The highest BCUT2D eigenvalue weighted by Gasteiger charge is 2.14. The van der Waals surface area contributed by atoms with Gasteiger partial charge < -0.3 is 9.80 Å². The van der Waals surface area contributed by atoms with Gasteiger partial charge in [-0.1, -0.05) is 0 Å². The number of rotatable bonds is 2. The van der Waals surface area contributed by atoms with Crippen LogP contribution in [0.5, 0.6) is 0 Å². The van der Waals surface area contributed by atoms with Crippen molar-refractivity contribution >= 4 is 24.8 Å². The van der Waals surface area contributed by atoms with Crippen molar-refractivity contribution < 1.29 is 0 Å². The van der Waals surface area contributed by atoms with E-state index in [9.17, 15) is 0 Å². The van der Waals surface area contributed by atoms with Crippen LogP contribution in [-0.2, 0) is 0 Å². The van der Waals surface area contributed by atoms with Gasteiger partial charge in [0.1, 0.15) is 0 Å². The van der Waals surface area contributed by atoms with Gasteiger partial charge in [-0.15, -0.1) is 24.8 Å². The Balaban J connectivity index is 0. The molecule has 0 unspecified atom stereocenters. The maximum absolute atomic E-state index is 5.28. The summed E-state index contributed by atoms with van der Waals surface area (Å²) in [6.07, 6.45) is 4.75. The van der Waals surface area contributed by atoms with Crippen LogP contribution in [-0.4, -0.2) is 62.2 Å². The largest absolute Gasteiger partial charge is 0.306 e. The zero-order valence-electron chi connectivity index (χ0n) is 12.7. The molecule has 2 aliphatic rings. The normalized spacial score (nSPS) is 22.2. The van der Waals surface area contributed by atoms with E-state index in [2.05, 4.69) is 34.7 Å². The molecule has 0 amide bonds. The average Bonchev–Trinajstić information content (AvgIpc) is 2.41. The van der Waals surface area contributed by atoms with Crippen molar-refractivity contribution in [2.75, 3.05) is 40.3 Å². The van der Waals surface area contributed by atoms with E-state index >= 15 is 0 Å². The van der Waals surface area contributed by atoms with Crippen molar-refractivity contribution in [3.05, 3.63) is 0 Å². The van der Waals surface area contributed by atoms with Gasteiger partial charge in [0.15, 0.2) is 0 Å². The third kappa shape index (κ3) is 9.31. The molecule has 2 saturated heterocycles. The maximum atomic E-state index is 5.28. The molecule has 0 bridgehead atoms. The number of nitrogens with one attached hydrogen (secondary N) is 2. The minimum Gasteiger partial charge on any atom is -0.306 e. The topological polar surface area (TPSA) is 82.6 Å². The van der Waals surface area contributed by atoms with Crippen LogP contribution in [0.1, 0.15) is 25.7 Å². The van der Waals surface area contributed by atoms with Crippen molar-refractivity contribution in [3.8, 4) is 0 Å². The predicted molar refractivity (Wildman–Crippen MR) is 90.2 cm³/mol. The molecule has 0 aromatic heterocycles. The molecule has 0 aromatic carbocycles. The molecule has 2 rings (SSSR count). The quantitative estimate of drug-likeness (QED) is 0.419. The number of halogens is 2. The second-order valence-corrected chi connectivity index (χ2v) is 5.49. The second-order valence-electron chi connectivity index (χ2n) is 5.49. The van der Waals surface area contributed by atoms with E-state index in [0.29, 0.717) is 12.1 Å². The first-order valence-electron chi connectivity index (χ1n) is 6.95. The molecule has 2 aliphatic heterocycles. The Morgan fingerprint density at radius 1 is 0.700 bits per heavy atom. The molecule has 2 fully saturated rings. The molecular weight excluding hydrogens is 299 g/mol. The van der Waals surface area contributed by atoms with Crippen molar-refractivity contribution in [1.29, 1.82) is 0 Å².